The number of benzene rings is 2. The number of carbonyl (C=O) groups is 2. The van der Waals surface area contributed by atoms with Gasteiger partial charge in [0.15, 0.2) is 5.78 Å². The largest absolute Gasteiger partial charge is 0.494 e. The SMILES string of the molecule is CCOc1ccc(NC(=O)c2cc(Nc3ccc(C(C)=O)cc3)ccn2)cc1. The predicted octanol–water partition coefficient (Wildman–Crippen LogP) is 4.68. The molecule has 28 heavy (non-hydrogen) atoms. The van der Waals surface area contributed by atoms with Crippen LogP contribution >= 0.6 is 0 Å². The fourth-order valence-corrected chi connectivity index (χ4v) is 2.58. The first-order valence-electron chi connectivity index (χ1n) is 8.93. The summed E-state index contributed by atoms with van der Waals surface area (Å²) in [5.74, 6) is 0.462. The van der Waals surface area contributed by atoms with Crippen LogP contribution in [0.2, 0.25) is 0 Å². The molecule has 0 atom stereocenters. The second kappa shape index (κ2) is 8.81. The summed E-state index contributed by atoms with van der Waals surface area (Å²) in [5, 5.41) is 6.02. The van der Waals surface area contributed by atoms with E-state index in [2.05, 4.69) is 15.6 Å². The van der Waals surface area contributed by atoms with Gasteiger partial charge in [-0.3, -0.25) is 14.6 Å². The van der Waals surface area contributed by atoms with E-state index >= 15 is 0 Å². The minimum atomic E-state index is -0.306. The topological polar surface area (TPSA) is 80.3 Å². The Bertz CT molecular complexity index is 967. The zero-order chi connectivity index (χ0) is 19.9. The molecule has 0 aliphatic rings. The molecule has 0 bridgehead atoms. The number of nitrogens with zero attached hydrogens (tertiary/aromatic N) is 1. The molecular weight excluding hydrogens is 354 g/mol. The summed E-state index contributed by atoms with van der Waals surface area (Å²) in [5.41, 5.74) is 3.14. The van der Waals surface area contributed by atoms with E-state index in [0.717, 1.165) is 17.1 Å². The molecule has 3 rings (SSSR count). The minimum absolute atomic E-state index is 0.0173. The molecule has 1 aromatic heterocycles. The molecule has 6 nitrogen and oxygen atoms in total. The molecule has 142 valence electrons. The monoisotopic (exact) mass is 375 g/mol. The molecule has 0 aliphatic carbocycles. The average Bonchev–Trinajstić information content (AvgIpc) is 2.70. The van der Waals surface area contributed by atoms with Crippen LogP contribution in [0.5, 0.6) is 5.75 Å². The van der Waals surface area contributed by atoms with Crippen molar-refractivity contribution in [3.8, 4) is 5.75 Å². The van der Waals surface area contributed by atoms with E-state index < -0.39 is 0 Å². The number of pyridine rings is 1. The lowest BCUT2D eigenvalue weighted by molar-refractivity contribution is 0.101. The molecule has 0 saturated carbocycles. The van der Waals surface area contributed by atoms with E-state index in [1.54, 1.807) is 54.7 Å². The summed E-state index contributed by atoms with van der Waals surface area (Å²) in [6.45, 7) is 4.04. The van der Waals surface area contributed by atoms with E-state index in [1.807, 2.05) is 19.1 Å². The van der Waals surface area contributed by atoms with Crippen LogP contribution in [0.15, 0.2) is 66.9 Å². The summed E-state index contributed by atoms with van der Waals surface area (Å²) in [7, 11) is 0. The normalized spacial score (nSPS) is 10.2. The van der Waals surface area contributed by atoms with E-state index in [1.165, 1.54) is 6.92 Å². The molecule has 0 saturated heterocycles. The number of nitrogens with one attached hydrogen (secondary N) is 2. The number of rotatable bonds is 7. The van der Waals surface area contributed by atoms with Gasteiger partial charge in [0.2, 0.25) is 0 Å². The van der Waals surface area contributed by atoms with Gasteiger partial charge in [0.05, 0.1) is 6.61 Å². The van der Waals surface area contributed by atoms with Gasteiger partial charge < -0.3 is 15.4 Å². The molecule has 0 unspecified atom stereocenters. The van der Waals surface area contributed by atoms with Gasteiger partial charge in [-0.05, 0) is 74.5 Å². The maximum absolute atomic E-state index is 12.5. The van der Waals surface area contributed by atoms with Crippen LogP contribution in [0.25, 0.3) is 0 Å². The average molecular weight is 375 g/mol. The third-order valence-corrected chi connectivity index (χ3v) is 4.00. The third-order valence-electron chi connectivity index (χ3n) is 4.00. The second-order valence-corrected chi connectivity index (χ2v) is 6.10. The van der Waals surface area contributed by atoms with Crippen molar-refractivity contribution in [1.29, 1.82) is 0 Å². The Labute approximate surface area is 163 Å². The first-order chi connectivity index (χ1) is 13.5. The Kier molecular flexibility index (Phi) is 6.01. The van der Waals surface area contributed by atoms with Crippen molar-refractivity contribution in [2.75, 3.05) is 17.2 Å². The molecule has 2 aromatic carbocycles. The van der Waals surface area contributed by atoms with Crippen molar-refractivity contribution in [3.05, 3.63) is 78.1 Å². The van der Waals surface area contributed by atoms with Crippen molar-refractivity contribution in [2.45, 2.75) is 13.8 Å². The predicted molar refractivity (Wildman–Crippen MR) is 110 cm³/mol. The summed E-state index contributed by atoms with van der Waals surface area (Å²) < 4.78 is 5.39. The molecule has 0 aliphatic heterocycles. The molecule has 3 aromatic rings. The summed E-state index contributed by atoms with van der Waals surface area (Å²) in [4.78, 5) is 28.0. The number of hydrogen-bond acceptors (Lipinski definition) is 5. The fourth-order valence-electron chi connectivity index (χ4n) is 2.58. The van der Waals surface area contributed by atoms with Crippen LogP contribution in [0.3, 0.4) is 0 Å². The van der Waals surface area contributed by atoms with E-state index in [-0.39, 0.29) is 11.7 Å². The number of aromatic nitrogens is 1. The van der Waals surface area contributed by atoms with Crippen molar-refractivity contribution in [3.63, 3.8) is 0 Å². The maximum atomic E-state index is 12.5. The summed E-state index contributed by atoms with van der Waals surface area (Å²) in [6, 6.07) is 17.7. The number of hydrogen-bond donors (Lipinski definition) is 2. The summed E-state index contributed by atoms with van der Waals surface area (Å²) in [6.07, 6.45) is 1.57. The molecular formula is C22H21N3O3. The van der Waals surface area contributed by atoms with Crippen LogP contribution in [-0.4, -0.2) is 23.3 Å². The van der Waals surface area contributed by atoms with Crippen molar-refractivity contribution in [1.82, 2.24) is 4.98 Å². The lowest BCUT2D eigenvalue weighted by Gasteiger charge is -2.09. The van der Waals surface area contributed by atoms with Crippen LogP contribution in [0.1, 0.15) is 34.7 Å². The number of Topliss-reactive ketones (excluding diaryl/α,β-unsaturated/α-hetero) is 1. The van der Waals surface area contributed by atoms with Gasteiger partial charge in [0.1, 0.15) is 11.4 Å². The zero-order valence-electron chi connectivity index (χ0n) is 15.7. The quantitative estimate of drug-likeness (QED) is 0.586. The van der Waals surface area contributed by atoms with Crippen LogP contribution in [0.4, 0.5) is 17.1 Å². The van der Waals surface area contributed by atoms with E-state index in [0.29, 0.717) is 23.6 Å². The molecule has 1 heterocycles. The van der Waals surface area contributed by atoms with Gasteiger partial charge in [-0.1, -0.05) is 0 Å². The lowest BCUT2D eigenvalue weighted by Crippen LogP contribution is -2.13. The molecule has 0 radical (unpaired) electrons. The highest BCUT2D eigenvalue weighted by atomic mass is 16.5. The van der Waals surface area contributed by atoms with Gasteiger partial charge in [-0.2, -0.15) is 0 Å². The molecule has 2 N–H and O–H groups in total. The number of ether oxygens (including phenoxy) is 1. The van der Waals surface area contributed by atoms with Gasteiger partial charge in [-0.15, -0.1) is 0 Å². The van der Waals surface area contributed by atoms with Crippen LogP contribution < -0.4 is 15.4 Å². The highest BCUT2D eigenvalue weighted by Gasteiger charge is 2.09. The smallest absolute Gasteiger partial charge is 0.274 e. The molecule has 0 fully saturated rings. The Morgan fingerprint density at radius 3 is 2.25 bits per heavy atom. The third kappa shape index (κ3) is 4.94. The highest BCUT2D eigenvalue weighted by Crippen LogP contribution is 2.19. The number of anilines is 3. The Hall–Kier alpha value is -3.67. The van der Waals surface area contributed by atoms with Crippen LogP contribution in [-0.2, 0) is 0 Å². The maximum Gasteiger partial charge on any atom is 0.274 e. The summed E-state index contributed by atoms with van der Waals surface area (Å²) >= 11 is 0. The van der Waals surface area contributed by atoms with E-state index in [9.17, 15) is 9.59 Å². The van der Waals surface area contributed by atoms with Crippen molar-refractivity contribution >= 4 is 28.8 Å². The zero-order valence-corrected chi connectivity index (χ0v) is 15.7. The lowest BCUT2D eigenvalue weighted by atomic mass is 10.1. The number of carbonyl (C=O) groups excluding carboxylic acids is 2. The molecule has 1 amide bonds. The van der Waals surface area contributed by atoms with Crippen molar-refractivity contribution < 1.29 is 14.3 Å². The second-order valence-electron chi connectivity index (χ2n) is 6.10. The standard InChI is InChI=1S/C22H21N3O3/c1-3-28-20-10-8-18(9-11-20)25-22(27)21-14-19(12-13-23-21)24-17-6-4-16(5-7-17)15(2)26/h4-14H,3H2,1-2H3,(H,23,24)(H,25,27). The molecule has 6 heteroatoms. The van der Waals surface area contributed by atoms with Crippen LogP contribution in [0, 0.1) is 0 Å². The first kappa shape index (κ1) is 19.1. The number of ketones is 1. The van der Waals surface area contributed by atoms with Gasteiger partial charge in [0.25, 0.3) is 5.91 Å². The highest BCUT2D eigenvalue weighted by molar-refractivity contribution is 6.03. The fraction of sp³-hybridized carbons (Fsp3) is 0.136. The molecule has 0 spiro atoms. The number of amides is 1. The Morgan fingerprint density at radius 1 is 0.929 bits per heavy atom. The van der Waals surface area contributed by atoms with Crippen molar-refractivity contribution in [2.24, 2.45) is 0 Å². The first-order valence-corrected chi connectivity index (χ1v) is 8.93. The minimum Gasteiger partial charge on any atom is -0.494 e. The van der Waals surface area contributed by atoms with E-state index in [4.69, 9.17) is 4.74 Å². The Morgan fingerprint density at radius 2 is 1.61 bits per heavy atom. The van der Waals surface area contributed by atoms with Gasteiger partial charge in [0, 0.05) is 28.8 Å². The van der Waals surface area contributed by atoms with Gasteiger partial charge >= 0.3 is 0 Å². The Balaban J connectivity index is 1.68. The van der Waals surface area contributed by atoms with Gasteiger partial charge in [-0.25, -0.2) is 0 Å².